The Bertz CT molecular complexity index is 1010. The lowest BCUT2D eigenvalue weighted by molar-refractivity contribution is -0.167. The van der Waals surface area contributed by atoms with Gasteiger partial charge in [0.1, 0.15) is 13.2 Å². The summed E-state index contributed by atoms with van der Waals surface area (Å²) in [6.45, 7) is 6.46. The summed E-state index contributed by atoms with van der Waals surface area (Å²) in [6.07, 6.45) is 53.9. The normalized spacial score (nSPS) is 12.4. The first-order valence-corrected chi connectivity index (χ1v) is 24.1. The van der Waals surface area contributed by atoms with Crippen molar-refractivity contribution in [1.82, 2.24) is 0 Å². The molecule has 0 spiro atoms. The predicted octanol–water partition coefficient (Wildman–Crippen LogP) is 15.5. The van der Waals surface area contributed by atoms with E-state index in [0.29, 0.717) is 19.3 Å². The highest BCUT2D eigenvalue weighted by atomic mass is 16.6. The zero-order valence-electron chi connectivity index (χ0n) is 37.6. The van der Waals surface area contributed by atoms with E-state index in [2.05, 4.69) is 69.4 Å². The van der Waals surface area contributed by atoms with Crippen LogP contribution in [0.1, 0.15) is 239 Å². The zero-order chi connectivity index (χ0) is 41.5. The molecule has 0 rings (SSSR count). The minimum absolute atomic E-state index is 0.0809. The molecule has 0 aliphatic heterocycles. The number of esters is 3. The minimum atomic E-state index is -0.778. The summed E-state index contributed by atoms with van der Waals surface area (Å²) in [6, 6.07) is 0. The van der Waals surface area contributed by atoms with Crippen LogP contribution in [0.3, 0.4) is 0 Å². The molecule has 0 aromatic heterocycles. The van der Waals surface area contributed by atoms with Crippen LogP contribution in [0.4, 0.5) is 0 Å². The lowest BCUT2D eigenvalue weighted by Gasteiger charge is -2.18. The maximum absolute atomic E-state index is 12.7. The van der Waals surface area contributed by atoms with Gasteiger partial charge in [0.05, 0.1) is 0 Å². The molecule has 6 heteroatoms. The van der Waals surface area contributed by atoms with Crippen molar-refractivity contribution in [3.63, 3.8) is 0 Å². The van der Waals surface area contributed by atoms with Crippen LogP contribution in [0.15, 0.2) is 48.6 Å². The van der Waals surface area contributed by atoms with Crippen LogP contribution in [-0.2, 0) is 28.6 Å². The van der Waals surface area contributed by atoms with Crippen molar-refractivity contribution in [3.8, 4) is 0 Å². The number of unbranched alkanes of at least 4 members (excludes halogenated alkanes) is 24. The van der Waals surface area contributed by atoms with E-state index in [-0.39, 0.29) is 31.1 Å². The Hall–Kier alpha value is -2.63. The molecule has 0 bridgehead atoms. The summed E-state index contributed by atoms with van der Waals surface area (Å²) >= 11 is 0. The molecule has 1 atom stereocenters. The van der Waals surface area contributed by atoms with E-state index in [4.69, 9.17) is 14.2 Å². The molecule has 0 saturated carbocycles. The van der Waals surface area contributed by atoms with E-state index in [1.807, 2.05) is 0 Å². The van der Waals surface area contributed by atoms with Crippen molar-refractivity contribution in [2.45, 2.75) is 245 Å². The third kappa shape index (κ3) is 44.3. The standard InChI is InChI=1S/C51H90O6/c1-4-7-10-13-16-18-20-22-24-25-27-28-30-32-35-38-41-44-50(53)56-47-48(46-55-49(52)43-40-37-34-15-12-9-6-3)57-51(54)45-42-39-36-33-31-29-26-23-21-19-17-14-11-8-5-2/h8,11,17,19,22-24,26,48H,4-7,9-10,12-16,18,20-21,25,27-47H2,1-3H3/b11-8-,19-17-,24-22-,26-23-. The third-order valence-electron chi connectivity index (χ3n) is 10.3. The van der Waals surface area contributed by atoms with Gasteiger partial charge in [-0.15, -0.1) is 0 Å². The predicted molar refractivity (Wildman–Crippen MR) is 242 cm³/mol. The van der Waals surface area contributed by atoms with Gasteiger partial charge in [0.15, 0.2) is 6.10 Å². The summed E-state index contributed by atoms with van der Waals surface area (Å²) in [5, 5.41) is 0. The Morgan fingerprint density at radius 1 is 0.368 bits per heavy atom. The number of ether oxygens (including phenoxy) is 3. The van der Waals surface area contributed by atoms with Gasteiger partial charge in [0.2, 0.25) is 0 Å². The lowest BCUT2D eigenvalue weighted by Crippen LogP contribution is -2.30. The molecule has 1 unspecified atom stereocenters. The van der Waals surface area contributed by atoms with Crippen LogP contribution in [0.2, 0.25) is 0 Å². The first-order chi connectivity index (χ1) is 28.0. The van der Waals surface area contributed by atoms with E-state index in [0.717, 1.165) is 96.3 Å². The van der Waals surface area contributed by atoms with E-state index in [1.54, 1.807) is 0 Å². The van der Waals surface area contributed by atoms with Crippen molar-refractivity contribution in [2.75, 3.05) is 13.2 Å². The number of rotatable bonds is 43. The van der Waals surface area contributed by atoms with Crippen LogP contribution < -0.4 is 0 Å². The fourth-order valence-electron chi connectivity index (χ4n) is 6.69. The number of hydrogen-bond acceptors (Lipinski definition) is 6. The van der Waals surface area contributed by atoms with Gasteiger partial charge in [-0.2, -0.15) is 0 Å². The highest BCUT2D eigenvalue weighted by molar-refractivity contribution is 5.71. The quantitative estimate of drug-likeness (QED) is 0.0265. The maximum atomic E-state index is 12.7. The van der Waals surface area contributed by atoms with E-state index in [9.17, 15) is 14.4 Å². The third-order valence-corrected chi connectivity index (χ3v) is 10.3. The van der Waals surface area contributed by atoms with E-state index in [1.165, 1.54) is 103 Å². The Morgan fingerprint density at radius 2 is 0.684 bits per heavy atom. The van der Waals surface area contributed by atoms with Crippen LogP contribution >= 0.6 is 0 Å². The SMILES string of the molecule is CC/C=C\C/C=C\C/C=C\CCCCCCCC(=O)OC(COC(=O)CCCCCCCCC)COC(=O)CCCCCCCCC/C=C\CCCCCCCC. The molecule has 0 amide bonds. The molecule has 0 aliphatic carbocycles. The van der Waals surface area contributed by atoms with Crippen LogP contribution in [-0.4, -0.2) is 37.2 Å². The molecular weight excluding hydrogens is 709 g/mol. The average molecular weight is 799 g/mol. The molecule has 0 radical (unpaired) electrons. The first-order valence-electron chi connectivity index (χ1n) is 24.1. The molecule has 57 heavy (non-hydrogen) atoms. The van der Waals surface area contributed by atoms with E-state index < -0.39 is 6.10 Å². The molecule has 0 fully saturated rings. The second-order valence-corrected chi connectivity index (χ2v) is 16.0. The maximum Gasteiger partial charge on any atom is 0.306 e. The summed E-state index contributed by atoms with van der Waals surface area (Å²) < 4.78 is 16.7. The lowest BCUT2D eigenvalue weighted by atomic mass is 10.1. The summed E-state index contributed by atoms with van der Waals surface area (Å²) in [5.74, 6) is -0.907. The Balaban J connectivity index is 4.30. The van der Waals surface area contributed by atoms with Gasteiger partial charge in [-0.3, -0.25) is 14.4 Å². The Morgan fingerprint density at radius 3 is 1.09 bits per heavy atom. The van der Waals surface area contributed by atoms with Crippen molar-refractivity contribution in [1.29, 1.82) is 0 Å². The largest absolute Gasteiger partial charge is 0.462 e. The minimum Gasteiger partial charge on any atom is -0.462 e. The highest BCUT2D eigenvalue weighted by Gasteiger charge is 2.19. The zero-order valence-corrected chi connectivity index (χ0v) is 37.6. The molecule has 0 aromatic rings. The van der Waals surface area contributed by atoms with Gasteiger partial charge >= 0.3 is 17.9 Å². The highest BCUT2D eigenvalue weighted by Crippen LogP contribution is 2.14. The van der Waals surface area contributed by atoms with Gasteiger partial charge in [0.25, 0.3) is 0 Å². The van der Waals surface area contributed by atoms with Crippen molar-refractivity contribution in [2.24, 2.45) is 0 Å². The number of carbonyl (C=O) groups is 3. The molecule has 0 heterocycles. The Labute approximate surface area is 352 Å². The van der Waals surface area contributed by atoms with Crippen molar-refractivity contribution >= 4 is 17.9 Å². The second-order valence-electron chi connectivity index (χ2n) is 16.0. The molecular formula is C51H90O6. The number of hydrogen-bond donors (Lipinski definition) is 0. The van der Waals surface area contributed by atoms with E-state index >= 15 is 0 Å². The van der Waals surface area contributed by atoms with Crippen LogP contribution in [0.25, 0.3) is 0 Å². The smallest absolute Gasteiger partial charge is 0.306 e. The van der Waals surface area contributed by atoms with Gasteiger partial charge < -0.3 is 14.2 Å². The van der Waals surface area contributed by atoms with Crippen molar-refractivity contribution < 1.29 is 28.6 Å². The molecule has 0 aromatic carbocycles. The molecule has 0 N–H and O–H groups in total. The topological polar surface area (TPSA) is 78.9 Å². The Kier molecular flexibility index (Phi) is 43.9. The number of allylic oxidation sites excluding steroid dienone is 8. The number of carbonyl (C=O) groups excluding carboxylic acids is 3. The van der Waals surface area contributed by atoms with Gasteiger partial charge in [-0.1, -0.05) is 191 Å². The van der Waals surface area contributed by atoms with Gasteiger partial charge in [-0.05, 0) is 77.0 Å². The fourth-order valence-corrected chi connectivity index (χ4v) is 6.69. The molecule has 0 aliphatic rings. The van der Waals surface area contributed by atoms with Crippen LogP contribution in [0, 0.1) is 0 Å². The molecule has 330 valence electrons. The average Bonchev–Trinajstić information content (AvgIpc) is 3.21. The second kappa shape index (κ2) is 46.1. The van der Waals surface area contributed by atoms with Gasteiger partial charge in [-0.25, -0.2) is 0 Å². The summed E-state index contributed by atoms with van der Waals surface area (Å²) in [7, 11) is 0. The van der Waals surface area contributed by atoms with Crippen LogP contribution in [0.5, 0.6) is 0 Å². The fraction of sp³-hybridized carbons (Fsp3) is 0.784. The molecule has 0 saturated heterocycles. The van der Waals surface area contributed by atoms with Crippen molar-refractivity contribution in [3.05, 3.63) is 48.6 Å². The summed E-state index contributed by atoms with van der Waals surface area (Å²) in [5.41, 5.74) is 0. The molecule has 6 nitrogen and oxygen atoms in total. The first kappa shape index (κ1) is 54.4. The monoisotopic (exact) mass is 799 g/mol. The van der Waals surface area contributed by atoms with Gasteiger partial charge in [0, 0.05) is 19.3 Å². The summed E-state index contributed by atoms with van der Waals surface area (Å²) in [4.78, 5) is 37.7.